The van der Waals surface area contributed by atoms with Crippen molar-refractivity contribution in [1.29, 1.82) is 0 Å². The van der Waals surface area contributed by atoms with Crippen LogP contribution in [0.2, 0.25) is 0 Å². The monoisotopic (exact) mass is 444 g/mol. The van der Waals surface area contributed by atoms with Gasteiger partial charge in [0.05, 0.1) is 0 Å². The predicted molar refractivity (Wildman–Crippen MR) is 120 cm³/mol. The lowest BCUT2D eigenvalue weighted by Crippen LogP contribution is -2.47. The van der Waals surface area contributed by atoms with Crippen molar-refractivity contribution in [3.8, 4) is 0 Å². The lowest BCUT2D eigenvalue weighted by Gasteiger charge is -2.32. The minimum absolute atomic E-state index is 0.0334. The molecule has 1 aliphatic carbocycles. The number of carbonyl (C=O) groups is 3. The fourth-order valence-electron chi connectivity index (χ4n) is 4.51. The zero-order valence-corrected chi connectivity index (χ0v) is 18.9. The zero-order chi connectivity index (χ0) is 22.1. The van der Waals surface area contributed by atoms with Gasteiger partial charge in [-0.15, -0.1) is 0 Å². The highest BCUT2D eigenvalue weighted by Crippen LogP contribution is 2.33. The van der Waals surface area contributed by atoms with Gasteiger partial charge in [-0.3, -0.25) is 19.3 Å². The molecule has 3 amide bonds. The molecule has 1 saturated carbocycles. The van der Waals surface area contributed by atoms with Crippen LogP contribution in [0.15, 0.2) is 28.9 Å². The number of piperazine rings is 1. The van der Waals surface area contributed by atoms with Gasteiger partial charge in [-0.25, -0.2) is 0 Å². The lowest BCUT2D eigenvalue weighted by molar-refractivity contribution is -0.140. The third-order valence-electron chi connectivity index (χ3n) is 6.53. The first kappa shape index (κ1) is 21.8. The molecule has 1 N–H and O–H groups in total. The maximum Gasteiger partial charge on any atom is 0.279 e. The minimum Gasteiger partial charge on any atom is -0.349 e. The summed E-state index contributed by atoms with van der Waals surface area (Å²) >= 11 is 6.30. The number of aryl methyl sites for hydroxylation is 1. The number of halogens is 1. The fourth-order valence-corrected chi connectivity index (χ4v) is 4.73. The van der Waals surface area contributed by atoms with Crippen molar-refractivity contribution in [3.05, 3.63) is 40.1 Å². The average Bonchev–Trinajstić information content (AvgIpc) is 2.99. The molecule has 4 rings (SSSR count). The first-order chi connectivity index (χ1) is 14.9. The summed E-state index contributed by atoms with van der Waals surface area (Å²) < 4.78 is 0. The summed E-state index contributed by atoms with van der Waals surface area (Å²) in [5.41, 5.74) is 2.13. The van der Waals surface area contributed by atoms with Crippen molar-refractivity contribution in [2.24, 2.45) is 0 Å². The first-order valence-electron chi connectivity index (χ1n) is 11.0. The molecular formula is C23H29ClN4O3. The summed E-state index contributed by atoms with van der Waals surface area (Å²) in [6.45, 7) is 4.96. The zero-order valence-electron chi connectivity index (χ0n) is 18.1. The van der Waals surface area contributed by atoms with Crippen molar-refractivity contribution in [1.82, 2.24) is 14.7 Å². The molecule has 2 aliphatic heterocycles. The van der Waals surface area contributed by atoms with E-state index in [0.717, 1.165) is 50.8 Å². The number of anilines is 1. The standard InChI is InChI=1S/C23H29ClN4O3/c1-15-8-9-16(21(29)27-12-10-26(2)11-13-27)14-18(15)25-20-19(24)22(30)28(23(20)31)17-6-4-3-5-7-17/h8-9,14,17,25H,3-7,10-13H2,1-2H3. The van der Waals surface area contributed by atoms with Crippen LogP contribution in [0.1, 0.15) is 48.0 Å². The number of nitrogens with zero attached hydrogens (tertiary/aromatic N) is 3. The van der Waals surface area contributed by atoms with Crippen LogP contribution in [-0.4, -0.2) is 71.7 Å². The molecule has 31 heavy (non-hydrogen) atoms. The van der Waals surface area contributed by atoms with E-state index < -0.39 is 5.91 Å². The molecule has 0 radical (unpaired) electrons. The Kier molecular flexibility index (Phi) is 6.34. The quantitative estimate of drug-likeness (QED) is 0.723. The molecule has 2 fully saturated rings. The number of hydrogen-bond acceptors (Lipinski definition) is 5. The highest BCUT2D eigenvalue weighted by atomic mass is 35.5. The summed E-state index contributed by atoms with van der Waals surface area (Å²) in [6, 6.07) is 5.30. The summed E-state index contributed by atoms with van der Waals surface area (Å²) in [4.78, 5) is 44.1. The van der Waals surface area contributed by atoms with Crippen LogP contribution in [0.25, 0.3) is 0 Å². The lowest BCUT2D eigenvalue weighted by atomic mass is 9.94. The van der Waals surface area contributed by atoms with E-state index >= 15 is 0 Å². The smallest absolute Gasteiger partial charge is 0.279 e. The van der Waals surface area contributed by atoms with E-state index in [9.17, 15) is 14.4 Å². The third-order valence-corrected chi connectivity index (χ3v) is 6.88. The van der Waals surface area contributed by atoms with Crippen molar-refractivity contribution < 1.29 is 14.4 Å². The van der Waals surface area contributed by atoms with E-state index in [2.05, 4.69) is 10.2 Å². The van der Waals surface area contributed by atoms with Crippen LogP contribution in [0, 0.1) is 6.92 Å². The van der Waals surface area contributed by atoms with Gasteiger partial charge in [-0.2, -0.15) is 0 Å². The SMILES string of the molecule is Cc1ccc(C(=O)N2CCN(C)CC2)cc1NC1=C(Cl)C(=O)N(C2CCCCC2)C1=O. The van der Waals surface area contributed by atoms with Crippen LogP contribution in [0.5, 0.6) is 0 Å². The summed E-state index contributed by atoms with van der Waals surface area (Å²) in [5.74, 6) is -0.839. The fraction of sp³-hybridized carbons (Fsp3) is 0.522. The Morgan fingerprint density at radius 1 is 1.03 bits per heavy atom. The molecular weight excluding hydrogens is 416 g/mol. The normalized spacial score (nSPS) is 21.3. The molecule has 0 spiro atoms. The highest BCUT2D eigenvalue weighted by molar-refractivity contribution is 6.48. The van der Waals surface area contributed by atoms with Gasteiger partial charge >= 0.3 is 0 Å². The number of benzene rings is 1. The maximum atomic E-state index is 13.1. The maximum absolute atomic E-state index is 13.1. The molecule has 2 heterocycles. The van der Waals surface area contributed by atoms with E-state index in [1.165, 1.54) is 4.90 Å². The van der Waals surface area contributed by atoms with Gasteiger partial charge in [0.15, 0.2) is 0 Å². The van der Waals surface area contributed by atoms with Crippen LogP contribution in [0.4, 0.5) is 5.69 Å². The van der Waals surface area contributed by atoms with E-state index in [-0.39, 0.29) is 28.6 Å². The Hall–Kier alpha value is -2.38. The molecule has 0 atom stereocenters. The van der Waals surface area contributed by atoms with Crippen LogP contribution < -0.4 is 5.32 Å². The average molecular weight is 445 g/mol. The Labute approximate surface area is 188 Å². The molecule has 0 aromatic heterocycles. The van der Waals surface area contributed by atoms with Gasteiger partial charge in [-0.05, 0) is 44.5 Å². The Morgan fingerprint density at radius 3 is 2.39 bits per heavy atom. The molecule has 1 aromatic carbocycles. The Morgan fingerprint density at radius 2 is 1.71 bits per heavy atom. The number of nitrogens with one attached hydrogen (secondary N) is 1. The van der Waals surface area contributed by atoms with Crippen molar-refractivity contribution in [2.45, 2.75) is 45.1 Å². The number of likely N-dealkylation sites (N-methyl/N-ethyl adjacent to an activating group) is 1. The van der Waals surface area contributed by atoms with E-state index in [1.807, 2.05) is 24.9 Å². The predicted octanol–water partition coefficient (Wildman–Crippen LogP) is 2.95. The van der Waals surface area contributed by atoms with Crippen molar-refractivity contribution in [3.63, 3.8) is 0 Å². The molecule has 166 valence electrons. The van der Waals surface area contributed by atoms with Gasteiger partial charge in [0, 0.05) is 43.5 Å². The second-order valence-corrected chi connectivity index (χ2v) is 9.09. The van der Waals surface area contributed by atoms with Gasteiger partial charge in [0.25, 0.3) is 17.7 Å². The van der Waals surface area contributed by atoms with Gasteiger partial charge in [0.1, 0.15) is 10.7 Å². The van der Waals surface area contributed by atoms with E-state index in [1.54, 1.807) is 12.1 Å². The molecule has 1 saturated heterocycles. The van der Waals surface area contributed by atoms with Crippen molar-refractivity contribution >= 4 is 35.0 Å². The summed E-state index contributed by atoms with van der Waals surface area (Å²) in [6.07, 6.45) is 4.80. The van der Waals surface area contributed by atoms with Crippen molar-refractivity contribution in [2.75, 3.05) is 38.5 Å². The largest absolute Gasteiger partial charge is 0.349 e. The van der Waals surface area contributed by atoms with E-state index in [0.29, 0.717) is 24.3 Å². The Bertz CT molecular complexity index is 931. The van der Waals surface area contributed by atoms with Crippen LogP contribution >= 0.6 is 11.6 Å². The number of rotatable bonds is 4. The Balaban J connectivity index is 1.53. The van der Waals surface area contributed by atoms with Crippen LogP contribution in [0.3, 0.4) is 0 Å². The molecule has 1 aromatic rings. The highest BCUT2D eigenvalue weighted by Gasteiger charge is 2.42. The number of carbonyl (C=O) groups excluding carboxylic acids is 3. The molecule has 0 unspecified atom stereocenters. The number of imide groups is 1. The van der Waals surface area contributed by atoms with E-state index in [4.69, 9.17) is 11.6 Å². The number of hydrogen-bond donors (Lipinski definition) is 1. The molecule has 0 bridgehead atoms. The van der Waals surface area contributed by atoms with Gasteiger partial charge < -0.3 is 15.1 Å². The first-order valence-corrected chi connectivity index (χ1v) is 11.4. The van der Waals surface area contributed by atoms with Crippen LogP contribution in [-0.2, 0) is 9.59 Å². The molecule has 8 heteroatoms. The number of amides is 3. The molecule has 7 nitrogen and oxygen atoms in total. The second kappa shape index (κ2) is 9.01. The minimum atomic E-state index is -0.427. The second-order valence-electron chi connectivity index (χ2n) is 8.71. The van der Waals surface area contributed by atoms with Gasteiger partial charge in [-0.1, -0.05) is 36.9 Å². The molecule has 3 aliphatic rings. The summed E-state index contributed by atoms with van der Waals surface area (Å²) in [5, 5.41) is 2.99. The third kappa shape index (κ3) is 4.34. The topological polar surface area (TPSA) is 73.0 Å². The van der Waals surface area contributed by atoms with Gasteiger partial charge in [0.2, 0.25) is 0 Å². The summed E-state index contributed by atoms with van der Waals surface area (Å²) in [7, 11) is 2.05.